The fourth-order valence-corrected chi connectivity index (χ4v) is 1.78. The molecular formula is C13H13F3O4. The summed E-state index contributed by atoms with van der Waals surface area (Å²) in [5, 5.41) is 8.70. The lowest BCUT2D eigenvalue weighted by molar-refractivity contribution is -0.150. The van der Waals surface area contributed by atoms with Crippen molar-refractivity contribution in [1.82, 2.24) is 0 Å². The van der Waals surface area contributed by atoms with Gasteiger partial charge in [-0.05, 0) is 18.1 Å². The van der Waals surface area contributed by atoms with Crippen LogP contribution >= 0.6 is 0 Å². The molecule has 4 nitrogen and oxygen atoms in total. The largest absolute Gasteiger partial charge is 0.481 e. The summed E-state index contributed by atoms with van der Waals surface area (Å²) in [6, 6.07) is 4.44. The number of alkyl halides is 3. The summed E-state index contributed by atoms with van der Waals surface area (Å²) in [5.74, 6) is -2.99. The van der Waals surface area contributed by atoms with Crippen LogP contribution in [0.15, 0.2) is 24.3 Å². The first-order valence-corrected chi connectivity index (χ1v) is 5.69. The highest BCUT2D eigenvalue weighted by Gasteiger charge is 2.31. The number of methoxy groups -OCH3 is 1. The Morgan fingerprint density at radius 1 is 1.35 bits per heavy atom. The highest BCUT2D eigenvalue weighted by atomic mass is 19.4. The van der Waals surface area contributed by atoms with E-state index in [4.69, 9.17) is 5.11 Å². The lowest BCUT2D eigenvalue weighted by atomic mass is 9.95. The highest BCUT2D eigenvalue weighted by Crippen LogP contribution is 2.30. The van der Waals surface area contributed by atoms with Crippen molar-refractivity contribution in [1.29, 1.82) is 0 Å². The lowest BCUT2D eigenvalue weighted by Gasteiger charge is -2.14. The molecule has 0 saturated heterocycles. The van der Waals surface area contributed by atoms with Gasteiger partial charge in [-0.2, -0.15) is 13.2 Å². The number of ether oxygens (including phenoxy) is 1. The van der Waals surface area contributed by atoms with Gasteiger partial charge in [0.1, 0.15) is 0 Å². The molecule has 0 aromatic heterocycles. The fourth-order valence-electron chi connectivity index (χ4n) is 1.78. The first-order chi connectivity index (χ1) is 9.24. The number of hydrogen-bond acceptors (Lipinski definition) is 3. The SMILES string of the molecule is COC(=O)C(CC(=O)O)Cc1cccc(C(F)(F)F)c1. The summed E-state index contributed by atoms with van der Waals surface area (Å²) in [6.07, 6.45) is -5.10. The number of halogens is 3. The van der Waals surface area contributed by atoms with Crippen molar-refractivity contribution in [3.63, 3.8) is 0 Å². The van der Waals surface area contributed by atoms with Crippen LogP contribution in [-0.4, -0.2) is 24.2 Å². The molecular weight excluding hydrogens is 277 g/mol. The fraction of sp³-hybridized carbons (Fsp3) is 0.385. The predicted octanol–water partition coefficient (Wildman–Crippen LogP) is 2.51. The first-order valence-electron chi connectivity index (χ1n) is 5.69. The Morgan fingerprint density at radius 3 is 2.50 bits per heavy atom. The maximum atomic E-state index is 12.6. The molecule has 0 bridgehead atoms. The minimum atomic E-state index is -4.48. The minimum absolute atomic E-state index is 0.122. The molecule has 7 heteroatoms. The summed E-state index contributed by atoms with van der Waals surface area (Å²) >= 11 is 0. The molecule has 110 valence electrons. The Balaban J connectivity index is 2.93. The molecule has 0 radical (unpaired) electrons. The van der Waals surface area contributed by atoms with Crippen molar-refractivity contribution in [3.05, 3.63) is 35.4 Å². The summed E-state index contributed by atoms with van der Waals surface area (Å²) in [5.41, 5.74) is -0.606. The molecule has 0 spiro atoms. The van der Waals surface area contributed by atoms with Crippen LogP contribution in [0.5, 0.6) is 0 Å². The molecule has 1 rings (SSSR count). The van der Waals surface area contributed by atoms with Gasteiger partial charge in [-0.3, -0.25) is 9.59 Å². The second-order valence-corrected chi connectivity index (χ2v) is 4.22. The number of carboxylic acids is 1. The van der Waals surface area contributed by atoms with Gasteiger partial charge in [0.2, 0.25) is 0 Å². The van der Waals surface area contributed by atoms with Gasteiger partial charge in [-0.1, -0.05) is 18.2 Å². The number of carboxylic acid groups (broad SMARTS) is 1. The van der Waals surface area contributed by atoms with Crippen molar-refractivity contribution < 1.29 is 32.6 Å². The third-order valence-electron chi connectivity index (χ3n) is 2.69. The van der Waals surface area contributed by atoms with E-state index >= 15 is 0 Å². The smallest absolute Gasteiger partial charge is 0.416 e. The van der Waals surface area contributed by atoms with Gasteiger partial charge in [-0.15, -0.1) is 0 Å². The lowest BCUT2D eigenvalue weighted by Crippen LogP contribution is -2.22. The van der Waals surface area contributed by atoms with Crippen LogP contribution in [0.1, 0.15) is 17.5 Å². The van der Waals surface area contributed by atoms with Gasteiger partial charge in [0.05, 0.1) is 25.0 Å². The van der Waals surface area contributed by atoms with Crippen LogP contribution in [-0.2, 0) is 26.9 Å². The van der Waals surface area contributed by atoms with E-state index in [1.54, 1.807) is 0 Å². The van der Waals surface area contributed by atoms with Crippen molar-refractivity contribution in [2.45, 2.75) is 19.0 Å². The molecule has 0 amide bonds. The molecule has 20 heavy (non-hydrogen) atoms. The van der Waals surface area contributed by atoms with Crippen LogP contribution in [0.2, 0.25) is 0 Å². The zero-order chi connectivity index (χ0) is 15.3. The minimum Gasteiger partial charge on any atom is -0.481 e. The normalized spacial score (nSPS) is 12.8. The maximum Gasteiger partial charge on any atom is 0.416 e. The number of carbonyl (C=O) groups excluding carboxylic acids is 1. The Labute approximate surface area is 113 Å². The molecule has 1 atom stereocenters. The van der Waals surface area contributed by atoms with Gasteiger partial charge < -0.3 is 9.84 Å². The van der Waals surface area contributed by atoms with Crippen molar-refractivity contribution in [3.8, 4) is 0 Å². The Kier molecular flexibility index (Phi) is 5.12. The van der Waals surface area contributed by atoms with Gasteiger partial charge >= 0.3 is 18.1 Å². The van der Waals surface area contributed by atoms with Crippen molar-refractivity contribution in [2.24, 2.45) is 5.92 Å². The number of hydrogen-bond donors (Lipinski definition) is 1. The van der Waals surface area contributed by atoms with Crippen LogP contribution in [0.4, 0.5) is 13.2 Å². The van der Waals surface area contributed by atoms with E-state index < -0.39 is 36.0 Å². The number of aliphatic carboxylic acids is 1. The molecule has 1 aromatic carbocycles. The predicted molar refractivity (Wildman–Crippen MR) is 62.9 cm³/mol. The van der Waals surface area contributed by atoms with Gasteiger partial charge in [0, 0.05) is 0 Å². The zero-order valence-corrected chi connectivity index (χ0v) is 10.6. The molecule has 0 aliphatic rings. The van der Waals surface area contributed by atoms with Crippen LogP contribution in [0.25, 0.3) is 0 Å². The van der Waals surface area contributed by atoms with Gasteiger partial charge in [0.25, 0.3) is 0 Å². The van der Waals surface area contributed by atoms with E-state index in [0.29, 0.717) is 0 Å². The topological polar surface area (TPSA) is 63.6 Å². The van der Waals surface area contributed by atoms with E-state index in [1.165, 1.54) is 12.1 Å². The molecule has 0 aliphatic heterocycles. The Morgan fingerprint density at radius 2 is 2.00 bits per heavy atom. The summed E-state index contributed by atoms with van der Waals surface area (Å²) < 4.78 is 42.1. The van der Waals surface area contributed by atoms with E-state index in [1.807, 2.05) is 0 Å². The summed E-state index contributed by atoms with van der Waals surface area (Å²) in [7, 11) is 1.10. The standard InChI is InChI=1S/C13H13F3O4/c1-20-12(19)9(7-11(17)18)5-8-3-2-4-10(6-8)13(14,15)16/h2-4,6,9H,5,7H2,1H3,(H,17,18). The van der Waals surface area contributed by atoms with Gasteiger partial charge in [-0.25, -0.2) is 0 Å². The molecule has 0 saturated carbocycles. The van der Waals surface area contributed by atoms with Crippen LogP contribution < -0.4 is 0 Å². The summed E-state index contributed by atoms with van der Waals surface area (Å²) in [6.45, 7) is 0. The average Bonchev–Trinajstić information content (AvgIpc) is 2.36. The molecule has 0 heterocycles. The first kappa shape index (κ1) is 16.0. The number of rotatable bonds is 5. The van der Waals surface area contributed by atoms with Crippen LogP contribution in [0.3, 0.4) is 0 Å². The number of esters is 1. The van der Waals surface area contributed by atoms with Crippen LogP contribution in [0, 0.1) is 5.92 Å². The molecule has 0 aliphatic carbocycles. The second-order valence-electron chi connectivity index (χ2n) is 4.22. The molecule has 1 N–H and O–H groups in total. The van der Waals surface area contributed by atoms with E-state index in [2.05, 4.69) is 4.74 Å². The van der Waals surface area contributed by atoms with Crippen molar-refractivity contribution in [2.75, 3.05) is 7.11 Å². The molecule has 0 fully saturated rings. The highest BCUT2D eigenvalue weighted by molar-refractivity contribution is 5.79. The maximum absolute atomic E-state index is 12.6. The van der Waals surface area contributed by atoms with E-state index in [9.17, 15) is 22.8 Å². The van der Waals surface area contributed by atoms with E-state index in [-0.39, 0.29) is 12.0 Å². The Hall–Kier alpha value is -2.05. The third kappa shape index (κ3) is 4.56. The van der Waals surface area contributed by atoms with E-state index in [0.717, 1.165) is 19.2 Å². The number of benzene rings is 1. The summed E-state index contributed by atoms with van der Waals surface area (Å²) in [4.78, 5) is 22.1. The quantitative estimate of drug-likeness (QED) is 0.846. The Bertz CT molecular complexity index is 497. The van der Waals surface area contributed by atoms with Crippen molar-refractivity contribution >= 4 is 11.9 Å². The zero-order valence-electron chi connectivity index (χ0n) is 10.6. The van der Waals surface area contributed by atoms with Gasteiger partial charge in [0.15, 0.2) is 0 Å². The second kappa shape index (κ2) is 6.40. The monoisotopic (exact) mass is 290 g/mol. The molecule has 1 unspecified atom stereocenters. The third-order valence-corrected chi connectivity index (χ3v) is 2.69. The molecule has 1 aromatic rings. The average molecular weight is 290 g/mol. The number of carbonyl (C=O) groups is 2.